The van der Waals surface area contributed by atoms with E-state index in [-0.39, 0.29) is 11.7 Å². The highest BCUT2D eigenvalue weighted by atomic mass is 32.1. The van der Waals surface area contributed by atoms with Crippen molar-refractivity contribution in [3.05, 3.63) is 46.4 Å². The molecule has 0 atom stereocenters. The fourth-order valence-corrected chi connectivity index (χ4v) is 2.45. The smallest absolute Gasteiger partial charge is 0.127 e. The molecule has 0 saturated heterocycles. The van der Waals surface area contributed by atoms with Crippen LogP contribution in [-0.4, -0.2) is 0 Å². The molecule has 0 aliphatic carbocycles. The summed E-state index contributed by atoms with van der Waals surface area (Å²) < 4.78 is 13.7. The van der Waals surface area contributed by atoms with Gasteiger partial charge in [-0.15, -0.1) is 0 Å². The fraction of sp³-hybridized carbons (Fsp3) is 0.231. The number of benzene rings is 1. The van der Waals surface area contributed by atoms with Crippen LogP contribution < -0.4 is 0 Å². The van der Waals surface area contributed by atoms with E-state index >= 15 is 0 Å². The molecule has 0 bridgehead atoms. The van der Waals surface area contributed by atoms with Gasteiger partial charge in [-0.2, -0.15) is 11.3 Å². The molecule has 2 aromatic rings. The summed E-state index contributed by atoms with van der Waals surface area (Å²) in [6.45, 7) is 4.04. The lowest BCUT2D eigenvalue weighted by Gasteiger charge is -2.12. The summed E-state index contributed by atoms with van der Waals surface area (Å²) in [7, 11) is 0. The second kappa shape index (κ2) is 4.15. The zero-order valence-corrected chi connectivity index (χ0v) is 9.64. The molecule has 0 amide bonds. The highest BCUT2D eigenvalue weighted by molar-refractivity contribution is 7.08. The normalized spacial score (nSPS) is 10.9. The summed E-state index contributed by atoms with van der Waals surface area (Å²) in [6.07, 6.45) is 0. The van der Waals surface area contributed by atoms with Gasteiger partial charge in [0.15, 0.2) is 0 Å². The lowest BCUT2D eigenvalue weighted by atomic mass is 9.93. The standard InChI is InChI=1S/C13H13FS/c1-9(2)13-11(4-3-5-12(13)14)10-6-7-15-8-10/h3-9H,1-2H3. The molecule has 0 spiro atoms. The Morgan fingerprint density at radius 3 is 2.60 bits per heavy atom. The first-order valence-corrected chi connectivity index (χ1v) is 5.95. The average molecular weight is 220 g/mol. The first kappa shape index (κ1) is 10.4. The van der Waals surface area contributed by atoms with Crippen LogP contribution in [0.5, 0.6) is 0 Å². The lowest BCUT2D eigenvalue weighted by Crippen LogP contribution is -1.96. The molecule has 1 heterocycles. The molecule has 0 fully saturated rings. The Labute approximate surface area is 93.4 Å². The van der Waals surface area contributed by atoms with Crippen molar-refractivity contribution >= 4 is 11.3 Å². The van der Waals surface area contributed by atoms with E-state index in [0.29, 0.717) is 0 Å². The number of hydrogen-bond acceptors (Lipinski definition) is 1. The molecule has 0 N–H and O–H groups in total. The van der Waals surface area contributed by atoms with E-state index in [1.807, 2.05) is 31.4 Å². The quantitative estimate of drug-likeness (QED) is 0.689. The first-order valence-electron chi connectivity index (χ1n) is 5.01. The third kappa shape index (κ3) is 1.95. The van der Waals surface area contributed by atoms with Crippen molar-refractivity contribution in [2.75, 3.05) is 0 Å². The molecule has 2 heteroatoms. The molecule has 1 aromatic heterocycles. The van der Waals surface area contributed by atoms with Crippen LogP contribution in [0.3, 0.4) is 0 Å². The van der Waals surface area contributed by atoms with E-state index in [2.05, 4.69) is 5.38 Å². The molecule has 0 aliphatic heterocycles. The summed E-state index contributed by atoms with van der Waals surface area (Å²) in [5, 5.41) is 4.07. The second-order valence-corrected chi connectivity index (χ2v) is 4.65. The molecule has 0 aliphatic rings. The molecular weight excluding hydrogens is 207 g/mol. The maximum atomic E-state index is 13.7. The number of hydrogen-bond donors (Lipinski definition) is 0. The zero-order chi connectivity index (χ0) is 10.8. The predicted octanol–water partition coefficient (Wildman–Crippen LogP) is 4.68. The molecule has 0 saturated carbocycles. The van der Waals surface area contributed by atoms with E-state index in [1.165, 1.54) is 6.07 Å². The second-order valence-electron chi connectivity index (χ2n) is 3.87. The van der Waals surface area contributed by atoms with Crippen molar-refractivity contribution in [3.8, 4) is 11.1 Å². The minimum absolute atomic E-state index is 0.103. The number of thiophene rings is 1. The van der Waals surface area contributed by atoms with E-state index in [9.17, 15) is 4.39 Å². The molecular formula is C13H13FS. The summed E-state index contributed by atoms with van der Waals surface area (Å²) in [5.74, 6) is 0.106. The number of rotatable bonds is 2. The maximum absolute atomic E-state index is 13.7. The van der Waals surface area contributed by atoms with E-state index in [1.54, 1.807) is 17.4 Å². The zero-order valence-electron chi connectivity index (χ0n) is 8.83. The minimum atomic E-state index is -0.103. The van der Waals surface area contributed by atoms with E-state index < -0.39 is 0 Å². The highest BCUT2D eigenvalue weighted by Crippen LogP contribution is 2.32. The van der Waals surface area contributed by atoms with Gasteiger partial charge in [-0.25, -0.2) is 4.39 Å². The third-order valence-electron chi connectivity index (χ3n) is 2.46. The van der Waals surface area contributed by atoms with Crippen molar-refractivity contribution in [2.45, 2.75) is 19.8 Å². The summed E-state index contributed by atoms with van der Waals surface area (Å²) in [4.78, 5) is 0. The van der Waals surface area contributed by atoms with Crippen LogP contribution in [0.25, 0.3) is 11.1 Å². The van der Waals surface area contributed by atoms with Crippen molar-refractivity contribution in [1.82, 2.24) is 0 Å². The van der Waals surface area contributed by atoms with Gasteiger partial charge in [-0.1, -0.05) is 26.0 Å². The average Bonchev–Trinajstić information content (AvgIpc) is 2.69. The Hall–Kier alpha value is -1.15. The van der Waals surface area contributed by atoms with Gasteiger partial charge in [-0.3, -0.25) is 0 Å². The molecule has 2 rings (SSSR count). The van der Waals surface area contributed by atoms with Gasteiger partial charge in [-0.05, 0) is 45.5 Å². The van der Waals surface area contributed by atoms with Crippen LogP contribution in [0.2, 0.25) is 0 Å². The molecule has 0 unspecified atom stereocenters. The number of halogens is 1. The highest BCUT2D eigenvalue weighted by Gasteiger charge is 2.13. The van der Waals surface area contributed by atoms with Crippen molar-refractivity contribution in [2.24, 2.45) is 0 Å². The Bertz CT molecular complexity index is 444. The van der Waals surface area contributed by atoms with Gasteiger partial charge in [0, 0.05) is 0 Å². The van der Waals surface area contributed by atoms with Crippen molar-refractivity contribution < 1.29 is 4.39 Å². The van der Waals surface area contributed by atoms with Crippen molar-refractivity contribution in [1.29, 1.82) is 0 Å². The SMILES string of the molecule is CC(C)c1c(F)cccc1-c1ccsc1. The predicted molar refractivity (Wildman–Crippen MR) is 63.8 cm³/mol. The Morgan fingerprint density at radius 1 is 1.20 bits per heavy atom. The minimum Gasteiger partial charge on any atom is -0.207 e. The largest absolute Gasteiger partial charge is 0.207 e. The van der Waals surface area contributed by atoms with Crippen molar-refractivity contribution in [3.63, 3.8) is 0 Å². The van der Waals surface area contributed by atoms with Crippen LogP contribution in [0, 0.1) is 5.82 Å². The molecule has 0 radical (unpaired) electrons. The Balaban J connectivity index is 2.61. The van der Waals surface area contributed by atoms with Gasteiger partial charge < -0.3 is 0 Å². The van der Waals surface area contributed by atoms with Crippen LogP contribution in [0.4, 0.5) is 4.39 Å². The third-order valence-corrected chi connectivity index (χ3v) is 3.15. The van der Waals surface area contributed by atoms with Gasteiger partial charge in [0.2, 0.25) is 0 Å². The molecule has 15 heavy (non-hydrogen) atoms. The topological polar surface area (TPSA) is 0 Å². The fourth-order valence-electron chi connectivity index (χ4n) is 1.79. The van der Waals surface area contributed by atoms with Crippen LogP contribution >= 0.6 is 11.3 Å². The van der Waals surface area contributed by atoms with Gasteiger partial charge in [0.05, 0.1) is 0 Å². The van der Waals surface area contributed by atoms with Crippen LogP contribution in [-0.2, 0) is 0 Å². The Morgan fingerprint density at radius 2 is 2.00 bits per heavy atom. The summed E-state index contributed by atoms with van der Waals surface area (Å²) >= 11 is 1.64. The maximum Gasteiger partial charge on any atom is 0.127 e. The van der Waals surface area contributed by atoms with Gasteiger partial charge in [0.25, 0.3) is 0 Å². The monoisotopic (exact) mass is 220 g/mol. The molecule has 78 valence electrons. The van der Waals surface area contributed by atoms with Gasteiger partial charge >= 0.3 is 0 Å². The molecule has 1 aromatic carbocycles. The summed E-state index contributed by atoms with van der Waals surface area (Å²) in [6, 6.07) is 7.32. The lowest BCUT2D eigenvalue weighted by molar-refractivity contribution is 0.599. The van der Waals surface area contributed by atoms with Crippen LogP contribution in [0.15, 0.2) is 35.0 Å². The summed E-state index contributed by atoms with van der Waals surface area (Å²) in [5.41, 5.74) is 2.95. The van der Waals surface area contributed by atoms with E-state index in [0.717, 1.165) is 16.7 Å². The first-order chi connectivity index (χ1) is 7.20. The van der Waals surface area contributed by atoms with Crippen LogP contribution in [0.1, 0.15) is 25.3 Å². The van der Waals surface area contributed by atoms with E-state index in [4.69, 9.17) is 0 Å². The van der Waals surface area contributed by atoms with Gasteiger partial charge in [0.1, 0.15) is 5.82 Å². The molecule has 0 nitrogen and oxygen atoms in total. The Kier molecular flexibility index (Phi) is 2.87.